The van der Waals surface area contributed by atoms with Crippen LogP contribution in [0.15, 0.2) is 12.3 Å². The van der Waals surface area contributed by atoms with Crippen molar-refractivity contribution in [1.82, 2.24) is 14.2 Å². The van der Waals surface area contributed by atoms with Gasteiger partial charge < -0.3 is 15.3 Å². The van der Waals surface area contributed by atoms with Gasteiger partial charge in [-0.05, 0) is 49.8 Å². The van der Waals surface area contributed by atoms with Crippen LogP contribution >= 0.6 is 0 Å². The fourth-order valence-corrected chi connectivity index (χ4v) is 4.38. The maximum atomic E-state index is 12.4. The Morgan fingerprint density at radius 2 is 1.92 bits per heavy atom. The molecule has 3 rings (SSSR count). The number of amides is 1. The molecule has 3 heterocycles. The van der Waals surface area contributed by atoms with E-state index in [0.29, 0.717) is 35.5 Å². The molecule has 2 aliphatic heterocycles. The van der Waals surface area contributed by atoms with Crippen LogP contribution in [-0.4, -0.2) is 59.9 Å². The van der Waals surface area contributed by atoms with Gasteiger partial charge in [-0.25, -0.2) is 13.9 Å². The summed E-state index contributed by atoms with van der Waals surface area (Å²) >= 11 is 0. The lowest BCUT2D eigenvalue weighted by Crippen LogP contribution is -2.46. The Morgan fingerprint density at radius 1 is 1.24 bits per heavy atom. The van der Waals surface area contributed by atoms with Gasteiger partial charge in [0.05, 0.1) is 6.04 Å². The Morgan fingerprint density at radius 3 is 2.44 bits per heavy atom. The normalized spacial score (nSPS) is 22.3. The zero-order valence-electron chi connectivity index (χ0n) is 13.7. The lowest BCUT2D eigenvalue weighted by molar-refractivity contribution is -0.134. The summed E-state index contributed by atoms with van der Waals surface area (Å²) < 4.78 is 23.7. The summed E-state index contributed by atoms with van der Waals surface area (Å²) in [4.78, 5) is 25.8. The molecule has 4 N–H and O–H groups in total. The maximum Gasteiger partial charge on any atom is 0.353 e. The molecule has 2 fully saturated rings. The Kier molecular flexibility index (Phi) is 4.85. The molecule has 0 aromatic carbocycles. The van der Waals surface area contributed by atoms with Crippen molar-refractivity contribution in [3.8, 4) is 0 Å². The van der Waals surface area contributed by atoms with Crippen LogP contribution in [-0.2, 0) is 15.0 Å². The molecular formula is C15H22N4O5S. The van der Waals surface area contributed by atoms with E-state index in [1.165, 1.54) is 12.3 Å². The third kappa shape index (κ3) is 3.55. The van der Waals surface area contributed by atoms with Gasteiger partial charge in [-0.2, -0.15) is 8.42 Å². The average Bonchev–Trinajstić information content (AvgIpc) is 3.23. The van der Waals surface area contributed by atoms with Crippen LogP contribution in [0, 0.1) is 0 Å². The minimum Gasteiger partial charge on any atom is -0.477 e. The largest absolute Gasteiger partial charge is 0.477 e. The number of carbonyl (C=O) groups is 2. The van der Waals surface area contributed by atoms with E-state index >= 15 is 0 Å². The van der Waals surface area contributed by atoms with Crippen LogP contribution in [0.25, 0.3) is 0 Å². The number of nitrogens with two attached hydrogens (primary N) is 1. The minimum absolute atomic E-state index is 0.0940. The van der Waals surface area contributed by atoms with Crippen molar-refractivity contribution in [2.75, 3.05) is 19.6 Å². The quantitative estimate of drug-likeness (QED) is 0.666. The fraction of sp³-hybridized carbons (Fsp3) is 0.600. The summed E-state index contributed by atoms with van der Waals surface area (Å²) in [5.41, 5.74) is 0.136. The first-order chi connectivity index (χ1) is 11.8. The summed E-state index contributed by atoms with van der Waals surface area (Å²) in [6, 6.07) is 1.38. The Hall–Kier alpha value is -1.91. The number of hydrogen-bond donors (Lipinski definition) is 3. The lowest BCUT2D eigenvalue weighted by atomic mass is 9.89. The SMILES string of the molecule is NS(=O)(=O)n1ccc(C2CCN(C(=O)C3CCCN3)CC2)c1C(=O)O. The van der Waals surface area contributed by atoms with Gasteiger partial charge in [0.1, 0.15) is 5.69 Å². The number of aromatic nitrogens is 1. The van der Waals surface area contributed by atoms with Crippen molar-refractivity contribution in [2.24, 2.45) is 5.14 Å². The van der Waals surface area contributed by atoms with Gasteiger partial charge in [-0.3, -0.25) is 4.79 Å². The number of likely N-dealkylation sites (tertiary alicyclic amines) is 1. The molecule has 2 aliphatic rings. The predicted octanol–water partition coefficient (Wildman–Crippen LogP) is -0.304. The van der Waals surface area contributed by atoms with Crippen molar-refractivity contribution in [3.05, 3.63) is 23.5 Å². The highest BCUT2D eigenvalue weighted by Gasteiger charge is 2.33. The topological polar surface area (TPSA) is 135 Å². The highest BCUT2D eigenvalue weighted by molar-refractivity contribution is 7.87. The molecule has 25 heavy (non-hydrogen) atoms. The molecule has 1 aromatic rings. The van der Waals surface area contributed by atoms with Crippen LogP contribution in [0.3, 0.4) is 0 Å². The summed E-state index contributed by atoms with van der Waals surface area (Å²) in [6.45, 7) is 1.92. The van der Waals surface area contributed by atoms with Crippen LogP contribution in [0.1, 0.15) is 47.7 Å². The number of carbonyl (C=O) groups excluding carboxylic acids is 1. The summed E-state index contributed by atoms with van der Waals surface area (Å²) in [6.07, 6.45) is 4.20. The van der Waals surface area contributed by atoms with Crippen molar-refractivity contribution in [3.63, 3.8) is 0 Å². The van der Waals surface area contributed by atoms with Gasteiger partial charge in [0.25, 0.3) is 0 Å². The number of hydrogen-bond acceptors (Lipinski definition) is 5. The molecule has 9 nitrogen and oxygen atoms in total. The molecule has 0 spiro atoms. The second-order valence-electron chi connectivity index (χ2n) is 6.51. The molecule has 138 valence electrons. The first-order valence-corrected chi connectivity index (χ1v) is 9.79. The molecule has 1 unspecified atom stereocenters. The number of carboxylic acid groups (broad SMARTS) is 1. The molecule has 0 aliphatic carbocycles. The number of carboxylic acids is 1. The molecule has 0 radical (unpaired) electrons. The van der Waals surface area contributed by atoms with E-state index in [1.807, 2.05) is 0 Å². The molecular weight excluding hydrogens is 348 g/mol. The van der Waals surface area contributed by atoms with Crippen LogP contribution in [0.5, 0.6) is 0 Å². The van der Waals surface area contributed by atoms with Crippen molar-refractivity contribution >= 4 is 22.1 Å². The molecule has 2 saturated heterocycles. The fourth-order valence-electron chi connectivity index (χ4n) is 3.71. The second kappa shape index (κ2) is 6.77. The third-order valence-corrected chi connectivity index (χ3v) is 5.82. The summed E-state index contributed by atoms with van der Waals surface area (Å²) in [7, 11) is -4.17. The zero-order chi connectivity index (χ0) is 18.2. The smallest absolute Gasteiger partial charge is 0.353 e. The van der Waals surface area contributed by atoms with Crippen LogP contribution in [0.4, 0.5) is 0 Å². The molecule has 10 heteroatoms. The molecule has 1 aromatic heterocycles. The molecule has 1 amide bonds. The van der Waals surface area contributed by atoms with Crippen molar-refractivity contribution < 1.29 is 23.1 Å². The zero-order valence-corrected chi connectivity index (χ0v) is 14.5. The van der Waals surface area contributed by atoms with E-state index in [-0.39, 0.29) is 23.6 Å². The number of piperidine rings is 1. The van der Waals surface area contributed by atoms with E-state index in [2.05, 4.69) is 5.32 Å². The summed E-state index contributed by atoms with van der Waals surface area (Å²) in [5, 5.41) is 17.7. The Balaban J connectivity index is 1.74. The number of aromatic carboxylic acids is 1. The van der Waals surface area contributed by atoms with Crippen molar-refractivity contribution in [1.29, 1.82) is 0 Å². The van der Waals surface area contributed by atoms with Gasteiger partial charge in [0, 0.05) is 19.3 Å². The second-order valence-corrected chi connectivity index (χ2v) is 7.94. The van der Waals surface area contributed by atoms with Gasteiger partial charge >= 0.3 is 16.2 Å². The summed E-state index contributed by atoms with van der Waals surface area (Å²) in [5.74, 6) is -1.35. The third-order valence-electron chi connectivity index (χ3n) is 4.96. The standard InChI is InChI=1S/C15H22N4O5S/c16-25(23,24)19-9-5-11(13(19)15(21)22)10-3-7-18(8-4-10)14(20)12-2-1-6-17-12/h5,9-10,12,17H,1-4,6-8H2,(H,21,22)(H2,16,23,24). The first-order valence-electron chi connectivity index (χ1n) is 8.29. The average molecular weight is 370 g/mol. The number of nitrogens with one attached hydrogen (secondary N) is 1. The number of rotatable bonds is 4. The predicted molar refractivity (Wildman–Crippen MR) is 89.5 cm³/mol. The molecule has 1 atom stereocenters. The van der Waals surface area contributed by atoms with E-state index in [1.54, 1.807) is 4.90 Å². The monoisotopic (exact) mass is 370 g/mol. The van der Waals surface area contributed by atoms with E-state index in [9.17, 15) is 23.1 Å². The van der Waals surface area contributed by atoms with E-state index in [4.69, 9.17) is 5.14 Å². The molecule has 0 saturated carbocycles. The highest BCUT2D eigenvalue weighted by Crippen LogP contribution is 2.32. The Labute approximate surface area is 146 Å². The van der Waals surface area contributed by atoms with Gasteiger partial charge in [0.2, 0.25) is 5.91 Å². The Bertz CT molecular complexity index is 774. The lowest BCUT2D eigenvalue weighted by Gasteiger charge is -2.33. The minimum atomic E-state index is -4.17. The van der Waals surface area contributed by atoms with Gasteiger partial charge in [-0.15, -0.1) is 0 Å². The van der Waals surface area contributed by atoms with Crippen molar-refractivity contribution in [2.45, 2.75) is 37.6 Å². The highest BCUT2D eigenvalue weighted by atomic mass is 32.2. The van der Waals surface area contributed by atoms with E-state index < -0.39 is 16.2 Å². The number of nitrogens with zero attached hydrogens (tertiary/aromatic N) is 2. The van der Waals surface area contributed by atoms with Gasteiger partial charge in [0.15, 0.2) is 0 Å². The van der Waals surface area contributed by atoms with Crippen LogP contribution in [0.2, 0.25) is 0 Å². The van der Waals surface area contributed by atoms with E-state index in [0.717, 1.165) is 19.4 Å². The first kappa shape index (κ1) is 17.9. The van der Waals surface area contributed by atoms with Gasteiger partial charge in [-0.1, -0.05) is 0 Å². The van der Waals surface area contributed by atoms with Crippen LogP contribution < -0.4 is 10.5 Å². The molecule has 0 bridgehead atoms. The maximum absolute atomic E-state index is 12.4.